The number of carboxylic acid groups (broad SMARTS) is 1. The van der Waals surface area contributed by atoms with Gasteiger partial charge < -0.3 is 20.1 Å². The standard InChI is InChI=1S/C14H14N2O5S2/c1-6-8(4-17)16-12(19)10(13(16)23-6)15-11(18)9(14(20)21)7-2-3-22-5-7/h2-6,8-10,13H,1H3,(H,15,18)(H,20,21)/t6?,8-,9+,10+,13+/m0/s1. The molecule has 0 aliphatic carbocycles. The second-order valence-electron chi connectivity index (χ2n) is 5.42. The fraction of sp³-hybridized carbons (Fsp3) is 0.429. The lowest BCUT2D eigenvalue weighted by Gasteiger charge is -2.43. The van der Waals surface area contributed by atoms with Gasteiger partial charge in [-0.2, -0.15) is 11.3 Å². The third-order valence-electron chi connectivity index (χ3n) is 4.06. The monoisotopic (exact) mass is 354 g/mol. The Morgan fingerprint density at radius 3 is 2.78 bits per heavy atom. The van der Waals surface area contributed by atoms with Crippen molar-refractivity contribution in [2.75, 3.05) is 0 Å². The first-order valence-corrected chi connectivity index (χ1v) is 8.82. The SMILES string of the molecule is CC1S[C@@H]2[C@H](NC(=O)[C@H](C(=O)O)c3ccsc3)C(=O)N2[C@H]1C=O. The zero-order valence-electron chi connectivity index (χ0n) is 12.0. The molecule has 0 saturated carbocycles. The second kappa shape index (κ2) is 5.97. The highest BCUT2D eigenvalue weighted by atomic mass is 32.2. The summed E-state index contributed by atoms with van der Waals surface area (Å²) in [4.78, 5) is 48.4. The van der Waals surface area contributed by atoms with Crippen molar-refractivity contribution in [2.45, 2.75) is 35.5 Å². The Bertz CT molecular complexity index is 662. The molecule has 3 heterocycles. The van der Waals surface area contributed by atoms with Crippen LogP contribution in [-0.2, 0) is 19.2 Å². The fourth-order valence-electron chi connectivity index (χ4n) is 2.86. The number of thioether (sulfide) groups is 1. The lowest BCUT2D eigenvalue weighted by molar-refractivity contribution is -0.153. The number of hydrogen-bond acceptors (Lipinski definition) is 6. The number of thiophene rings is 1. The maximum Gasteiger partial charge on any atom is 0.320 e. The first kappa shape index (κ1) is 16.0. The molecule has 1 unspecified atom stereocenters. The third-order valence-corrected chi connectivity index (χ3v) is 6.25. The number of nitrogens with one attached hydrogen (secondary N) is 1. The average Bonchev–Trinajstić information content (AvgIpc) is 3.11. The average molecular weight is 354 g/mol. The Hall–Kier alpha value is -1.87. The van der Waals surface area contributed by atoms with Gasteiger partial charge in [0.2, 0.25) is 11.8 Å². The summed E-state index contributed by atoms with van der Waals surface area (Å²) in [5, 5.41) is 14.8. The minimum atomic E-state index is -1.34. The molecule has 0 bridgehead atoms. The number of β-lactam (4-membered cyclic amide) rings is 1. The largest absolute Gasteiger partial charge is 0.480 e. The number of aliphatic carboxylic acids is 1. The highest BCUT2D eigenvalue weighted by Crippen LogP contribution is 2.43. The van der Waals surface area contributed by atoms with E-state index in [0.717, 1.165) is 6.29 Å². The number of aldehydes is 1. The second-order valence-corrected chi connectivity index (χ2v) is 7.70. The summed E-state index contributed by atoms with van der Waals surface area (Å²) in [6.45, 7) is 1.85. The lowest BCUT2D eigenvalue weighted by Crippen LogP contribution is -2.70. The first-order valence-electron chi connectivity index (χ1n) is 6.94. The van der Waals surface area contributed by atoms with E-state index in [-0.39, 0.29) is 16.5 Å². The van der Waals surface area contributed by atoms with E-state index in [9.17, 15) is 24.3 Å². The zero-order chi connectivity index (χ0) is 16.7. The predicted molar refractivity (Wildman–Crippen MR) is 84.2 cm³/mol. The molecule has 2 amide bonds. The van der Waals surface area contributed by atoms with E-state index in [0.29, 0.717) is 5.56 Å². The Balaban J connectivity index is 1.73. The van der Waals surface area contributed by atoms with E-state index >= 15 is 0 Å². The molecule has 122 valence electrons. The minimum Gasteiger partial charge on any atom is -0.480 e. The molecule has 2 fully saturated rings. The van der Waals surface area contributed by atoms with E-state index in [1.807, 2.05) is 6.92 Å². The van der Waals surface area contributed by atoms with Crippen LogP contribution >= 0.6 is 23.1 Å². The summed E-state index contributed by atoms with van der Waals surface area (Å²) in [5.41, 5.74) is 0.391. The number of carboxylic acids is 1. The summed E-state index contributed by atoms with van der Waals surface area (Å²) < 4.78 is 0. The van der Waals surface area contributed by atoms with Gasteiger partial charge in [0.25, 0.3) is 0 Å². The van der Waals surface area contributed by atoms with Crippen molar-refractivity contribution in [1.29, 1.82) is 0 Å². The van der Waals surface area contributed by atoms with Crippen molar-refractivity contribution < 1.29 is 24.3 Å². The maximum absolute atomic E-state index is 12.3. The van der Waals surface area contributed by atoms with Crippen LogP contribution in [0.1, 0.15) is 18.4 Å². The van der Waals surface area contributed by atoms with Crippen molar-refractivity contribution in [3.05, 3.63) is 22.4 Å². The third kappa shape index (κ3) is 2.53. The van der Waals surface area contributed by atoms with Crippen LogP contribution in [0.5, 0.6) is 0 Å². The number of hydrogen-bond donors (Lipinski definition) is 2. The van der Waals surface area contributed by atoms with Gasteiger partial charge in [-0.1, -0.05) is 6.92 Å². The van der Waals surface area contributed by atoms with Gasteiger partial charge in [-0.3, -0.25) is 14.4 Å². The van der Waals surface area contributed by atoms with E-state index in [1.54, 1.807) is 16.8 Å². The highest BCUT2D eigenvalue weighted by molar-refractivity contribution is 8.01. The van der Waals surface area contributed by atoms with E-state index in [2.05, 4.69) is 5.32 Å². The fourth-order valence-corrected chi connectivity index (χ4v) is 5.06. The van der Waals surface area contributed by atoms with Crippen LogP contribution in [0.2, 0.25) is 0 Å². The number of carbonyl (C=O) groups excluding carboxylic acids is 3. The van der Waals surface area contributed by atoms with Crippen LogP contribution in [0.15, 0.2) is 16.8 Å². The van der Waals surface area contributed by atoms with Gasteiger partial charge >= 0.3 is 5.97 Å². The summed E-state index contributed by atoms with van der Waals surface area (Å²) in [6, 6.07) is 0.311. The smallest absolute Gasteiger partial charge is 0.320 e. The van der Waals surface area contributed by atoms with Crippen LogP contribution < -0.4 is 5.32 Å². The lowest BCUT2D eigenvalue weighted by atomic mass is 9.98. The van der Waals surface area contributed by atoms with E-state index in [4.69, 9.17) is 0 Å². The summed E-state index contributed by atoms with van der Waals surface area (Å²) in [6.07, 6.45) is 0.735. The van der Waals surface area contributed by atoms with Crippen LogP contribution in [0.25, 0.3) is 0 Å². The van der Waals surface area contributed by atoms with E-state index < -0.39 is 29.9 Å². The van der Waals surface area contributed by atoms with Crippen molar-refractivity contribution >= 4 is 47.2 Å². The number of fused-ring (bicyclic) bond motifs is 1. The van der Waals surface area contributed by atoms with Gasteiger partial charge in [0.15, 0.2) is 5.92 Å². The topological polar surface area (TPSA) is 104 Å². The van der Waals surface area contributed by atoms with Crippen molar-refractivity contribution in [1.82, 2.24) is 10.2 Å². The van der Waals surface area contributed by atoms with Crippen LogP contribution in [-0.4, -0.2) is 56.8 Å². The van der Waals surface area contributed by atoms with E-state index in [1.165, 1.54) is 28.0 Å². The van der Waals surface area contributed by atoms with Crippen LogP contribution in [0.4, 0.5) is 0 Å². The molecule has 9 heteroatoms. The van der Waals surface area contributed by atoms with Gasteiger partial charge in [-0.25, -0.2) is 0 Å². The normalized spacial score (nSPS) is 30.3. The predicted octanol–water partition coefficient (Wildman–Crippen LogP) is 0.272. The molecule has 0 spiro atoms. The van der Waals surface area contributed by atoms with Crippen molar-refractivity contribution in [3.63, 3.8) is 0 Å². The molecule has 0 radical (unpaired) electrons. The molecule has 2 aliphatic rings. The first-order chi connectivity index (χ1) is 11.0. The molecule has 2 saturated heterocycles. The number of carbonyl (C=O) groups is 4. The quantitative estimate of drug-likeness (QED) is 0.447. The number of nitrogens with zero attached hydrogens (tertiary/aromatic N) is 1. The van der Waals surface area contributed by atoms with Gasteiger partial charge in [0.1, 0.15) is 23.7 Å². The molecule has 2 N–H and O–H groups in total. The molecule has 7 nitrogen and oxygen atoms in total. The summed E-state index contributed by atoms with van der Waals surface area (Å²) >= 11 is 2.73. The van der Waals surface area contributed by atoms with Gasteiger partial charge in [0.05, 0.1) is 0 Å². The Kier molecular flexibility index (Phi) is 4.15. The highest BCUT2D eigenvalue weighted by Gasteiger charge is 2.58. The molecule has 3 rings (SSSR count). The number of rotatable bonds is 5. The maximum atomic E-state index is 12.3. The van der Waals surface area contributed by atoms with Crippen LogP contribution in [0.3, 0.4) is 0 Å². The Morgan fingerprint density at radius 2 is 2.22 bits per heavy atom. The molecular formula is C14H14N2O5S2. The molecular weight excluding hydrogens is 340 g/mol. The van der Waals surface area contributed by atoms with Crippen molar-refractivity contribution in [2.24, 2.45) is 0 Å². The van der Waals surface area contributed by atoms with Gasteiger partial charge in [-0.05, 0) is 22.4 Å². The summed E-state index contributed by atoms with van der Waals surface area (Å²) in [5.74, 6) is -3.65. The molecule has 1 aromatic heterocycles. The molecule has 1 aromatic rings. The van der Waals surface area contributed by atoms with Crippen molar-refractivity contribution in [3.8, 4) is 0 Å². The van der Waals surface area contributed by atoms with Crippen LogP contribution in [0, 0.1) is 0 Å². The number of amides is 2. The van der Waals surface area contributed by atoms with Gasteiger partial charge in [-0.15, -0.1) is 11.8 Å². The van der Waals surface area contributed by atoms with Gasteiger partial charge in [0, 0.05) is 5.25 Å². The summed E-state index contributed by atoms with van der Waals surface area (Å²) in [7, 11) is 0. The minimum absolute atomic E-state index is 0.0458. The molecule has 23 heavy (non-hydrogen) atoms. The Morgan fingerprint density at radius 1 is 1.48 bits per heavy atom. The Labute approximate surface area is 140 Å². The molecule has 2 aliphatic heterocycles. The molecule has 0 aromatic carbocycles. The zero-order valence-corrected chi connectivity index (χ0v) is 13.7. The molecule has 5 atom stereocenters.